The molecule has 3 N–H and O–H groups in total. The van der Waals surface area contributed by atoms with Gasteiger partial charge < -0.3 is 4.90 Å². The van der Waals surface area contributed by atoms with Gasteiger partial charge >= 0.3 is 0 Å². The van der Waals surface area contributed by atoms with E-state index >= 15 is 0 Å². The zero-order valence-corrected chi connectivity index (χ0v) is 18.7. The number of hydrazine groups is 1. The van der Waals surface area contributed by atoms with E-state index in [2.05, 4.69) is 15.1 Å². The summed E-state index contributed by atoms with van der Waals surface area (Å²) in [6.45, 7) is 6.65. The SMILES string of the molecule is NN1CCC(CCN2CCN(c3ccc4c(c3)C(=O)N(C3CCC(=O)NC3=O)C4=O)CC2)C1. The van der Waals surface area contributed by atoms with Crippen LogP contribution in [0, 0.1) is 5.92 Å². The summed E-state index contributed by atoms with van der Waals surface area (Å²) >= 11 is 0. The number of anilines is 1. The number of rotatable bonds is 5. The lowest BCUT2D eigenvalue weighted by atomic mass is 10.0. The van der Waals surface area contributed by atoms with Crippen LogP contribution in [-0.4, -0.2) is 90.3 Å². The van der Waals surface area contributed by atoms with Gasteiger partial charge in [-0.15, -0.1) is 0 Å². The monoisotopic (exact) mass is 454 g/mol. The average molecular weight is 455 g/mol. The first-order valence-electron chi connectivity index (χ1n) is 11.7. The summed E-state index contributed by atoms with van der Waals surface area (Å²) in [7, 11) is 0. The Morgan fingerprint density at radius 3 is 2.39 bits per heavy atom. The Labute approximate surface area is 192 Å². The van der Waals surface area contributed by atoms with Crippen molar-refractivity contribution in [2.24, 2.45) is 11.8 Å². The molecule has 10 heteroatoms. The number of fused-ring (bicyclic) bond motifs is 1. The van der Waals surface area contributed by atoms with Gasteiger partial charge in [0.15, 0.2) is 0 Å². The van der Waals surface area contributed by atoms with Gasteiger partial charge in [-0.05, 0) is 49.9 Å². The molecule has 0 aliphatic carbocycles. The molecule has 4 aliphatic rings. The molecule has 4 aliphatic heterocycles. The molecule has 3 saturated heterocycles. The summed E-state index contributed by atoms with van der Waals surface area (Å²) in [6.07, 6.45) is 2.62. The van der Waals surface area contributed by atoms with Gasteiger partial charge in [0.1, 0.15) is 6.04 Å². The zero-order valence-electron chi connectivity index (χ0n) is 18.7. The number of piperidine rings is 1. The summed E-state index contributed by atoms with van der Waals surface area (Å²) in [5, 5.41) is 4.13. The van der Waals surface area contributed by atoms with Crippen molar-refractivity contribution in [3.8, 4) is 0 Å². The molecule has 4 amide bonds. The van der Waals surface area contributed by atoms with Crippen LogP contribution >= 0.6 is 0 Å². The zero-order chi connectivity index (χ0) is 23.1. The fraction of sp³-hybridized carbons (Fsp3) is 0.565. The summed E-state index contributed by atoms with van der Waals surface area (Å²) in [6, 6.07) is 4.39. The van der Waals surface area contributed by atoms with Crippen LogP contribution in [0.3, 0.4) is 0 Å². The molecular formula is C23H30N6O4. The van der Waals surface area contributed by atoms with E-state index in [1.165, 1.54) is 12.8 Å². The number of piperazine rings is 1. The van der Waals surface area contributed by atoms with Gasteiger partial charge in [-0.2, -0.15) is 0 Å². The highest BCUT2D eigenvalue weighted by atomic mass is 16.2. The third-order valence-corrected chi connectivity index (χ3v) is 7.33. The summed E-state index contributed by atoms with van der Waals surface area (Å²) in [4.78, 5) is 55.3. The standard InChI is InChI=1S/C23H30N6O4/c24-28-8-6-15(14-28)5-7-26-9-11-27(12-10-26)16-1-2-17-18(13-16)23(33)29(22(17)32)19-3-4-20(30)25-21(19)31/h1-2,13,15,19H,3-12,14,24H2,(H,25,30,31). The van der Waals surface area contributed by atoms with Crippen molar-refractivity contribution in [3.63, 3.8) is 0 Å². The lowest BCUT2D eigenvalue weighted by Gasteiger charge is -2.36. The number of nitrogens with one attached hydrogen (secondary N) is 1. The van der Waals surface area contributed by atoms with E-state index < -0.39 is 23.8 Å². The molecule has 5 rings (SSSR count). The second-order valence-corrected chi connectivity index (χ2v) is 9.44. The van der Waals surface area contributed by atoms with E-state index in [9.17, 15) is 19.2 Å². The third kappa shape index (κ3) is 4.25. The van der Waals surface area contributed by atoms with Crippen molar-refractivity contribution in [2.75, 3.05) is 50.7 Å². The van der Waals surface area contributed by atoms with Gasteiger partial charge in [0, 0.05) is 51.4 Å². The van der Waals surface area contributed by atoms with Crippen LogP contribution in [0.5, 0.6) is 0 Å². The second-order valence-electron chi connectivity index (χ2n) is 9.44. The van der Waals surface area contributed by atoms with Crippen LogP contribution in [0.15, 0.2) is 18.2 Å². The Bertz CT molecular complexity index is 989. The minimum Gasteiger partial charge on any atom is -0.369 e. The minimum atomic E-state index is -0.937. The summed E-state index contributed by atoms with van der Waals surface area (Å²) in [5.74, 6) is 4.65. The number of carbonyl (C=O) groups is 4. The summed E-state index contributed by atoms with van der Waals surface area (Å²) < 4.78 is 0. The molecule has 2 atom stereocenters. The van der Waals surface area contributed by atoms with Crippen LogP contribution in [0.25, 0.3) is 0 Å². The quantitative estimate of drug-likeness (QED) is 0.464. The van der Waals surface area contributed by atoms with Gasteiger partial charge in [0.2, 0.25) is 11.8 Å². The molecule has 33 heavy (non-hydrogen) atoms. The van der Waals surface area contributed by atoms with E-state index in [0.29, 0.717) is 17.0 Å². The molecule has 1 aromatic carbocycles. The van der Waals surface area contributed by atoms with Crippen LogP contribution in [0.2, 0.25) is 0 Å². The molecule has 1 aromatic rings. The number of benzene rings is 1. The minimum absolute atomic E-state index is 0.116. The second kappa shape index (κ2) is 8.85. The van der Waals surface area contributed by atoms with Crippen molar-refractivity contribution < 1.29 is 19.2 Å². The van der Waals surface area contributed by atoms with Crippen LogP contribution in [0.1, 0.15) is 46.4 Å². The van der Waals surface area contributed by atoms with Crippen molar-refractivity contribution in [2.45, 2.75) is 31.7 Å². The van der Waals surface area contributed by atoms with Gasteiger partial charge in [-0.25, -0.2) is 5.01 Å². The molecule has 0 radical (unpaired) electrons. The number of imide groups is 2. The highest BCUT2D eigenvalue weighted by Crippen LogP contribution is 2.31. The molecule has 10 nitrogen and oxygen atoms in total. The number of hydrogen-bond donors (Lipinski definition) is 2. The molecule has 0 bridgehead atoms. The predicted molar refractivity (Wildman–Crippen MR) is 120 cm³/mol. The average Bonchev–Trinajstić information content (AvgIpc) is 3.33. The summed E-state index contributed by atoms with van der Waals surface area (Å²) in [5.41, 5.74) is 1.56. The van der Waals surface area contributed by atoms with E-state index in [1.54, 1.807) is 12.1 Å². The highest BCUT2D eigenvalue weighted by Gasteiger charge is 2.44. The lowest BCUT2D eigenvalue weighted by molar-refractivity contribution is -0.136. The predicted octanol–water partition coefficient (Wildman–Crippen LogP) is -0.204. The highest BCUT2D eigenvalue weighted by molar-refractivity contribution is 6.23. The van der Waals surface area contributed by atoms with Crippen molar-refractivity contribution in [1.82, 2.24) is 20.1 Å². The van der Waals surface area contributed by atoms with Gasteiger partial charge in [0.05, 0.1) is 11.1 Å². The van der Waals surface area contributed by atoms with E-state index in [0.717, 1.165) is 56.4 Å². The van der Waals surface area contributed by atoms with E-state index in [-0.39, 0.29) is 18.7 Å². The first-order valence-corrected chi connectivity index (χ1v) is 11.7. The van der Waals surface area contributed by atoms with Crippen molar-refractivity contribution >= 4 is 29.3 Å². The Morgan fingerprint density at radius 2 is 1.70 bits per heavy atom. The van der Waals surface area contributed by atoms with Gasteiger partial charge in [0.25, 0.3) is 11.8 Å². The molecule has 3 fully saturated rings. The Kier molecular flexibility index (Phi) is 5.90. The number of nitrogens with zero attached hydrogens (tertiary/aromatic N) is 4. The number of hydrogen-bond acceptors (Lipinski definition) is 8. The third-order valence-electron chi connectivity index (χ3n) is 7.33. The number of carbonyl (C=O) groups excluding carboxylic acids is 4. The first kappa shape index (κ1) is 22.0. The lowest BCUT2D eigenvalue weighted by Crippen LogP contribution is -2.54. The fourth-order valence-electron chi connectivity index (χ4n) is 5.35. The van der Waals surface area contributed by atoms with Gasteiger partial charge in [-0.1, -0.05) is 0 Å². The molecule has 0 aromatic heterocycles. The van der Waals surface area contributed by atoms with E-state index in [4.69, 9.17) is 5.84 Å². The maximum atomic E-state index is 13.1. The smallest absolute Gasteiger partial charge is 0.262 e. The topological polar surface area (TPSA) is 119 Å². The number of nitrogens with two attached hydrogens (primary N) is 1. The maximum absolute atomic E-state index is 13.1. The molecule has 4 heterocycles. The Balaban J connectivity index is 1.21. The van der Waals surface area contributed by atoms with Crippen LogP contribution < -0.4 is 16.1 Å². The van der Waals surface area contributed by atoms with E-state index in [1.807, 2.05) is 11.1 Å². The Morgan fingerprint density at radius 1 is 0.939 bits per heavy atom. The fourth-order valence-corrected chi connectivity index (χ4v) is 5.35. The van der Waals surface area contributed by atoms with Crippen LogP contribution in [-0.2, 0) is 9.59 Å². The maximum Gasteiger partial charge on any atom is 0.262 e. The largest absolute Gasteiger partial charge is 0.369 e. The van der Waals surface area contributed by atoms with Crippen LogP contribution in [0.4, 0.5) is 5.69 Å². The number of amides is 4. The molecular weight excluding hydrogens is 424 g/mol. The van der Waals surface area contributed by atoms with Crippen molar-refractivity contribution in [3.05, 3.63) is 29.3 Å². The molecule has 0 saturated carbocycles. The molecule has 176 valence electrons. The molecule has 0 spiro atoms. The normalized spacial score (nSPS) is 26.8. The first-order chi connectivity index (χ1) is 15.9. The van der Waals surface area contributed by atoms with Crippen molar-refractivity contribution in [1.29, 1.82) is 0 Å². The molecule has 2 unspecified atom stereocenters. The van der Waals surface area contributed by atoms with Gasteiger partial charge in [-0.3, -0.25) is 40.1 Å². The Hall–Kier alpha value is -2.82.